The first-order valence-electron chi connectivity index (χ1n) is 8.91. The molecule has 29 heavy (non-hydrogen) atoms. The molecule has 3 aromatic rings. The van der Waals surface area contributed by atoms with Crippen LogP contribution in [0.3, 0.4) is 0 Å². The van der Waals surface area contributed by atoms with Crippen LogP contribution in [0.25, 0.3) is 0 Å². The molecule has 148 valence electrons. The van der Waals surface area contributed by atoms with Crippen molar-refractivity contribution in [1.82, 2.24) is 9.97 Å². The van der Waals surface area contributed by atoms with Gasteiger partial charge in [0, 0.05) is 11.8 Å². The third kappa shape index (κ3) is 5.07. The first-order chi connectivity index (χ1) is 14.1. The highest BCUT2D eigenvalue weighted by Crippen LogP contribution is 2.26. The standard InChI is InChI=1S/C21H20N4O4/c1-3-29-18-7-5-4-6-16(18)25-19-12-17(22-13-23-19)20(26)24-15-10-8-14(9-11-15)21(27)28-2/h4-13H,3H2,1-2H3,(H,24,26)(H,22,23,25). The number of nitrogens with zero attached hydrogens (tertiary/aromatic N) is 2. The molecule has 3 rings (SSSR count). The van der Waals surface area contributed by atoms with Gasteiger partial charge in [0.25, 0.3) is 5.91 Å². The molecule has 2 N–H and O–H groups in total. The fourth-order valence-corrected chi connectivity index (χ4v) is 2.54. The van der Waals surface area contributed by atoms with Crippen LogP contribution in [0.1, 0.15) is 27.8 Å². The van der Waals surface area contributed by atoms with E-state index in [1.807, 2.05) is 31.2 Å². The fourth-order valence-electron chi connectivity index (χ4n) is 2.54. The SMILES string of the molecule is CCOc1ccccc1Nc1cc(C(=O)Nc2ccc(C(=O)OC)cc2)ncn1. The number of benzene rings is 2. The van der Waals surface area contributed by atoms with E-state index < -0.39 is 11.9 Å². The molecule has 0 saturated heterocycles. The summed E-state index contributed by atoms with van der Waals surface area (Å²) in [6.45, 7) is 2.44. The molecule has 0 saturated carbocycles. The Balaban J connectivity index is 1.72. The van der Waals surface area contributed by atoms with E-state index in [4.69, 9.17) is 4.74 Å². The van der Waals surface area contributed by atoms with E-state index in [2.05, 4.69) is 25.3 Å². The molecule has 0 fully saturated rings. The number of aromatic nitrogens is 2. The molecule has 1 aromatic heterocycles. The maximum Gasteiger partial charge on any atom is 0.337 e. The molecular formula is C21H20N4O4. The minimum Gasteiger partial charge on any atom is -0.492 e. The molecule has 0 atom stereocenters. The van der Waals surface area contributed by atoms with Crippen LogP contribution in [0.4, 0.5) is 17.2 Å². The summed E-state index contributed by atoms with van der Waals surface area (Å²) in [5, 5.41) is 5.87. The van der Waals surface area contributed by atoms with Crippen molar-refractivity contribution in [2.75, 3.05) is 24.4 Å². The molecule has 0 aliphatic rings. The van der Waals surface area contributed by atoms with Crippen LogP contribution in [-0.2, 0) is 4.74 Å². The Morgan fingerprint density at radius 2 is 1.79 bits per heavy atom. The average Bonchev–Trinajstić information content (AvgIpc) is 2.75. The first kappa shape index (κ1) is 19.8. The lowest BCUT2D eigenvalue weighted by molar-refractivity contribution is 0.0600. The lowest BCUT2D eigenvalue weighted by Gasteiger charge is -2.12. The molecule has 0 aliphatic heterocycles. The van der Waals surface area contributed by atoms with Gasteiger partial charge in [0.15, 0.2) is 0 Å². The summed E-state index contributed by atoms with van der Waals surface area (Å²) in [5.74, 6) is 0.296. The number of hydrogen-bond acceptors (Lipinski definition) is 7. The van der Waals surface area contributed by atoms with Crippen molar-refractivity contribution in [3.8, 4) is 5.75 Å². The largest absolute Gasteiger partial charge is 0.492 e. The van der Waals surface area contributed by atoms with Crippen LogP contribution in [0.15, 0.2) is 60.9 Å². The number of carbonyl (C=O) groups is 2. The molecule has 1 heterocycles. The first-order valence-corrected chi connectivity index (χ1v) is 8.91. The van der Waals surface area contributed by atoms with Gasteiger partial charge in [0.05, 0.1) is 25.0 Å². The van der Waals surface area contributed by atoms with Gasteiger partial charge in [-0.3, -0.25) is 4.79 Å². The van der Waals surface area contributed by atoms with Crippen LogP contribution >= 0.6 is 0 Å². The minimum atomic E-state index is -0.443. The van der Waals surface area contributed by atoms with E-state index in [1.54, 1.807) is 30.3 Å². The topological polar surface area (TPSA) is 102 Å². The van der Waals surface area contributed by atoms with Crippen LogP contribution in [0.2, 0.25) is 0 Å². The van der Waals surface area contributed by atoms with Crippen LogP contribution in [0, 0.1) is 0 Å². The highest BCUT2D eigenvalue weighted by Gasteiger charge is 2.11. The monoisotopic (exact) mass is 392 g/mol. The zero-order chi connectivity index (χ0) is 20.6. The maximum absolute atomic E-state index is 12.5. The van der Waals surface area contributed by atoms with Crippen molar-refractivity contribution in [2.45, 2.75) is 6.92 Å². The van der Waals surface area contributed by atoms with Crippen molar-refractivity contribution in [2.24, 2.45) is 0 Å². The summed E-state index contributed by atoms with van der Waals surface area (Å²) < 4.78 is 10.2. The second kappa shape index (κ2) is 9.32. The summed E-state index contributed by atoms with van der Waals surface area (Å²) in [6.07, 6.45) is 1.31. The van der Waals surface area contributed by atoms with Gasteiger partial charge in [0.1, 0.15) is 23.6 Å². The Morgan fingerprint density at radius 3 is 2.52 bits per heavy atom. The van der Waals surface area contributed by atoms with Crippen molar-refractivity contribution >= 4 is 29.1 Å². The molecule has 8 nitrogen and oxygen atoms in total. The van der Waals surface area contributed by atoms with Gasteiger partial charge in [0.2, 0.25) is 0 Å². The lowest BCUT2D eigenvalue weighted by Crippen LogP contribution is -2.14. The summed E-state index contributed by atoms with van der Waals surface area (Å²) >= 11 is 0. The predicted molar refractivity (Wildman–Crippen MR) is 109 cm³/mol. The number of hydrogen-bond donors (Lipinski definition) is 2. The van der Waals surface area contributed by atoms with Gasteiger partial charge >= 0.3 is 5.97 Å². The van der Waals surface area contributed by atoms with E-state index in [1.165, 1.54) is 13.4 Å². The molecule has 0 bridgehead atoms. The van der Waals surface area contributed by atoms with E-state index in [-0.39, 0.29) is 5.69 Å². The van der Waals surface area contributed by atoms with E-state index >= 15 is 0 Å². The number of rotatable bonds is 7. The Hall–Kier alpha value is -3.94. The van der Waals surface area contributed by atoms with Crippen molar-refractivity contribution in [3.05, 3.63) is 72.2 Å². The average molecular weight is 392 g/mol. The molecule has 0 spiro atoms. The molecule has 1 amide bonds. The van der Waals surface area contributed by atoms with Crippen molar-refractivity contribution < 1.29 is 19.1 Å². The van der Waals surface area contributed by atoms with Gasteiger partial charge in [-0.1, -0.05) is 12.1 Å². The Bertz CT molecular complexity index is 1010. The quantitative estimate of drug-likeness (QED) is 0.592. The number of nitrogens with one attached hydrogen (secondary N) is 2. The summed E-state index contributed by atoms with van der Waals surface area (Å²) in [4.78, 5) is 32.2. The minimum absolute atomic E-state index is 0.188. The number of ether oxygens (including phenoxy) is 2. The number of anilines is 3. The van der Waals surface area contributed by atoms with Crippen LogP contribution in [-0.4, -0.2) is 35.6 Å². The number of carbonyl (C=O) groups excluding carboxylic acids is 2. The van der Waals surface area contributed by atoms with Crippen LogP contribution < -0.4 is 15.4 Å². The molecule has 8 heteroatoms. The zero-order valence-electron chi connectivity index (χ0n) is 16.0. The third-order valence-corrected chi connectivity index (χ3v) is 3.91. The van der Waals surface area contributed by atoms with Gasteiger partial charge in [-0.25, -0.2) is 14.8 Å². The van der Waals surface area contributed by atoms with Gasteiger partial charge < -0.3 is 20.1 Å². The second-order valence-electron chi connectivity index (χ2n) is 5.87. The summed E-state index contributed by atoms with van der Waals surface area (Å²) in [5.41, 5.74) is 1.84. The fraction of sp³-hybridized carbons (Fsp3) is 0.143. The molecule has 0 unspecified atom stereocenters. The third-order valence-electron chi connectivity index (χ3n) is 3.91. The predicted octanol–water partition coefficient (Wildman–Crippen LogP) is 3.66. The van der Waals surface area contributed by atoms with Crippen LogP contribution in [0.5, 0.6) is 5.75 Å². The zero-order valence-corrected chi connectivity index (χ0v) is 16.0. The smallest absolute Gasteiger partial charge is 0.337 e. The normalized spacial score (nSPS) is 10.1. The van der Waals surface area contributed by atoms with Crippen molar-refractivity contribution in [3.63, 3.8) is 0 Å². The molecular weight excluding hydrogens is 372 g/mol. The highest BCUT2D eigenvalue weighted by atomic mass is 16.5. The maximum atomic E-state index is 12.5. The van der Waals surface area contributed by atoms with Gasteiger partial charge in [-0.15, -0.1) is 0 Å². The molecule has 2 aromatic carbocycles. The Morgan fingerprint density at radius 1 is 1.03 bits per heavy atom. The second-order valence-corrected chi connectivity index (χ2v) is 5.87. The number of esters is 1. The van der Waals surface area contributed by atoms with Crippen molar-refractivity contribution in [1.29, 1.82) is 0 Å². The van der Waals surface area contributed by atoms with Gasteiger partial charge in [-0.05, 0) is 43.3 Å². The van der Waals surface area contributed by atoms with Gasteiger partial charge in [-0.2, -0.15) is 0 Å². The lowest BCUT2D eigenvalue weighted by atomic mass is 10.2. The number of para-hydroxylation sites is 2. The Labute approximate surface area is 167 Å². The Kier molecular flexibility index (Phi) is 6.36. The molecule has 0 radical (unpaired) electrons. The number of amides is 1. The number of methoxy groups -OCH3 is 1. The van der Waals surface area contributed by atoms with E-state index in [9.17, 15) is 9.59 Å². The highest BCUT2D eigenvalue weighted by molar-refractivity contribution is 6.03. The molecule has 0 aliphatic carbocycles. The van der Waals surface area contributed by atoms with E-state index in [0.29, 0.717) is 29.4 Å². The summed E-state index contributed by atoms with van der Waals surface area (Å²) in [7, 11) is 1.31. The summed E-state index contributed by atoms with van der Waals surface area (Å²) in [6, 6.07) is 15.4. The van der Waals surface area contributed by atoms with E-state index in [0.717, 1.165) is 5.69 Å².